The van der Waals surface area contributed by atoms with Crippen LogP contribution in [0, 0.1) is 6.92 Å². The summed E-state index contributed by atoms with van der Waals surface area (Å²) in [5, 5.41) is 3.85. The molecule has 0 radical (unpaired) electrons. The summed E-state index contributed by atoms with van der Waals surface area (Å²) in [6.45, 7) is 4.10. The quantitative estimate of drug-likeness (QED) is 0.457. The minimum absolute atomic E-state index is 0.173. The monoisotopic (exact) mass is 485 g/mol. The number of carbonyl (C=O) groups is 1. The number of aromatic nitrogens is 2. The van der Waals surface area contributed by atoms with Gasteiger partial charge in [0.05, 0.1) is 36.6 Å². The normalized spacial score (nSPS) is 14.9. The zero-order chi connectivity index (χ0) is 24.2. The van der Waals surface area contributed by atoms with Gasteiger partial charge in [-0.3, -0.25) is 4.79 Å². The predicted octanol–water partition coefficient (Wildman–Crippen LogP) is 4.98. The Balaban J connectivity index is 1.54. The summed E-state index contributed by atoms with van der Waals surface area (Å²) in [5.41, 5.74) is 1.73. The number of methoxy groups -OCH3 is 3. The summed E-state index contributed by atoms with van der Waals surface area (Å²) in [6, 6.07) is 5.60. The van der Waals surface area contributed by atoms with Crippen molar-refractivity contribution < 1.29 is 23.7 Å². The third-order valence-electron chi connectivity index (χ3n) is 6.11. The number of ether oxygens (including phenoxy) is 4. The second kappa shape index (κ2) is 10.6. The van der Waals surface area contributed by atoms with E-state index in [1.807, 2.05) is 32.0 Å². The van der Waals surface area contributed by atoms with E-state index in [9.17, 15) is 4.79 Å². The first-order chi connectivity index (χ1) is 16.4. The summed E-state index contributed by atoms with van der Waals surface area (Å²) in [7, 11) is 4.78. The molecule has 0 aliphatic heterocycles. The summed E-state index contributed by atoms with van der Waals surface area (Å²) < 4.78 is 22.3. The Bertz CT molecular complexity index is 1170. The van der Waals surface area contributed by atoms with Crippen molar-refractivity contribution in [3.8, 4) is 17.4 Å². The molecule has 1 amide bonds. The minimum atomic E-state index is -0.233. The number of benzene rings is 1. The topological polar surface area (TPSA) is 91.8 Å². The second-order valence-electron chi connectivity index (χ2n) is 8.45. The maximum Gasteiger partial charge on any atom is 0.262 e. The lowest BCUT2D eigenvalue weighted by molar-refractivity contribution is 0.0943. The van der Waals surface area contributed by atoms with Gasteiger partial charge in [0.1, 0.15) is 11.4 Å². The molecule has 1 aliphatic carbocycles. The maximum atomic E-state index is 13.2. The standard InChI is InChI=1S/C25H31N3O5S/c1-14-21-24(32-5)27-20(13-30-3)28-25(21)34-22(14)23(29)26-15(2)16-10-11-18(19(12-16)31-4)33-17-8-6-7-9-17/h10-12,15,17H,6-9,13H2,1-5H3,(H,26,29). The van der Waals surface area contributed by atoms with Crippen LogP contribution in [0.25, 0.3) is 10.2 Å². The van der Waals surface area contributed by atoms with Crippen LogP contribution < -0.4 is 19.5 Å². The molecule has 182 valence electrons. The molecule has 1 aliphatic rings. The van der Waals surface area contributed by atoms with Crippen LogP contribution in [0.15, 0.2) is 18.2 Å². The Morgan fingerprint density at radius 3 is 2.59 bits per heavy atom. The first-order valence-corrected chi connectivity index (χ1v) is 12.2. The fourth-order valence-electron chi connectivity index (χ4n) is 4.28. The Hall–Kier alpha value is -2.91. The molecule has 0 spiro atoms. The number of amides is 1. The van der Waals surface area contributed by atoms with E-state index in [2.05, 4.69) is 15.3 Å². The number of aryl methyl sites for hydroxylation is 1. The molecule has 2 heterocycles. The lowest BCUT2D eigenvalue weighted by atomic mass is 10.1. The van der Waals surface area contributed by atoms with Crippen LogP contribution >= 0.6 is 11.3 Å². The highest BCUT2D eigenvalue weighted by molar-refractivity contribution is 7.20. The summed E-state index contributed by atoms with van der Waals surface area (Å²) >= 11 is 1.32. The molecule has 8 nitrogen and oxygen atoms in total. The van der Waals surface area contributed by atoms with E-state index in [1.54, 1.807) is 21.3 Å². The zero-order valence-electron chi connectivity index (χ0n) is 20.3. The van der Waals surface area contributed by atoms with Crippen molar-refractivity contribution >= 4 is 27.5 Å². The Morgan fingerprint density at radius 1 is 1.15 bits per heavy atom. The van der Waals surface area contributed by atoms with Gasteiger partial charge in [0.2, 0.25) is 5.88 Å². The highest BCUT2D eigenvalue weighted by atomic mass is 32.1. The SMILES string of the molecule is COCc1nc(OC)c2c(C)c(C(=O)NC(C)c3ccc(OC4CCCC4)c(OC)c3)sc2n1. The molecule has 34 heavy (non-hydrogen) atoms. The Kier molecular flexibility index (Phi) is 7.53. The van der Waals surface area contributed by atoms with Gasteiger partial charge >= 0.3 is 0 Å². The van der Waals surface area contributed by atoms with Crippen molar-refractivity contribution in [2.24, 2.45) is 0 Å². The van der Waals surface area contributed by atoms with Crippen LogP contribution in [0.4, 0.5) is 0 Å². The number of hydrogen-bond acceptors (Lipinski definition) is 8. The molecule has 9 heteroatoms. The molecule has 1 N–H and O–H groups in total. The van der Waals surface area contributed by atoms with Crippen LogP contribution in [0.1, 0.15) is 65.3 Å². The summed E-state index contributed by atoms with van der Waals surface area (Å²) in [4.78, 5) is 23.4. The zero-order valence-corrected chi connectivity index (χ0v) is 21.1. The average molecular weight is 486 g/mol. The lowest BCUT2D eigenvalue weighted by Crippen LogP contribution is -2.26. The number of rotatable bonds is 9. The van der Waals surface area contributed by atoms with E-state index < -0.39 is 0 Å². The average Bonchev–Trinajstić information content (AvgIpc) is 3.46. The van der Waals surface area contributed by atoms with E-state index >= 15 is 0 Å². The molecule has 1 aromatic carbocycles. The highest BCUT2D eigenvalue weighted by Gasteiger charge is 2.23. The van der Waals surface area contributed by atoms with E-state index in [0.29, 0.717) is 27.2 Å². The molecule has 2 aromatic heterocycles. The van der Waals surface area contributed by atoms with Gasteiger partial charge in [-0.2, -0.15) is 4.98 Å². The van der Waals surface area contributed by atoms with Gasteiger partial charge in [0, 0.05) is 7.11 Å². The molecule has 0 bridgehead atoms. The predicted molar refractivity (Wildman–Crippen MR) is 131 cm³/mol. The number of nitrogens with one attached hydrogen (secondary N) is 1. The van der Waals surface area contributed by atoms with E-state index in [-0.39, 0.29) is 24.7 Å². The number of fused-ring (bicyclic) bond motifs is 1. The number of hydrogen-bond donors (Lipinski definition) is 1. The van der Waals surface area contributed by atoms with Crippen LogP contribution in [0.5, 0.6) is 17.4 Å². The van der Waals surface area contributed by atoms with Gasteiger partial charge in [0.15, 0.2) is 17.3 Å². The molecule has 1 fully saturated rings. The third kappa shape index (κ3) is 4.95. The molecule has 1 atom stereocenters. The Labute approximate surface area is 203 Å². The van der Waals surface area contributed by atoms with Crippen LogP contribution in [-0.4, -0.2) is 43.3 Å². The van der Waals surface area contributed by atoms with Gasteiger partial charge in [-0.1, -0.05) is 6.07 Å². The van der Waals surface area contributed by atoms with Crippen LogP contribution in [0.3, 0.4) is 0 Å². The van der Waals surface area contributed by atoms with Crippen LogP contribution in [0.2, 0.25) is 0 Å². The van der Waals surface area contributed by atoms with Gasteiger partial charge in [-0.15, -0.1) is 11.3 Å². The largest absolute Gasteiger partial charge is 0.493 e. The fraction of sp³-hybridized carbons (Fsp3) is 0.480. The van der Waals surface area contributed by atoms with Crippen molar-refractivity contribution in [2.45, 2.75) is 58.3 Å². The molecule has 1 unspecified atom stereocenters. The summed E-state index contributed by atoms with van der Waals surface area (Å²) in [6.07, 6.45) is 4.81. The number of carbonyl (C=O) groups excluding carboxylic acids is 1. The van der Waals surface area contributed by atoms with Crippen molar-refractivity contribution in [3.63, 3.8) is 0 Å². The Morgan fingerprint density at radius 2 is 1.91 bits per heavy atom. The molecule has 3 aromatic rings. The molecule has 4 rings (SSSR count). The third-order valence-corrected chi connectivity index (χ3v) is 7.29. The van der Waals surface area contributed by atoms with Crippen molar-refractivity contribution in [2.75, 3.05) is 21.3 Å². The minimum Gasteiger partial charge on any atom is -0.493 e. The second-order valence-corrected chi connectivity index (χ2v) is 9.45. The van der Waals surface area contributed by atoms with E-state index in [0.717, 1.165) is 35.1 Å². The molecule has 0 saturated heterocycles. The van der Waals surface area contributed by atoms with Crippen molar-refractivity contribution in [3.05, 3.63) is 40.0 Å². The molecular weight excluding hydrogens is 454 g/mol. The van der Waals surface area contributed by atoms with Gasteiger partial charge in [0.25, 0.3) is 5.91 Å². The van der Waals surface area contributed by atoms with Gasteiger partial charge < -0.3 is 24.3 Å². The smallest absolute Gasteiger partial charge is 0.262 e. The van der Waals surface area contributed by atoms with Crippen molar-refractivity contribution in [1.29, 1.82) is 0 Å². The first kappa shape index (κ1) is 24.2. The van der Waals surface area contributed by atoms with Gasteiger partial charge in [-0.25, -0.2) is 4.98 Å². The molecule has 1 saturated carbocycles. The van der Waals surface area contributed by atoms with Crippen LogP contribution in [-0.2, 0) is 11.3 Å². The molecular formula is C25H31N3O5S. The maximum absolute atomic E-state index is 13.2. The van der Waals surface area contributed by atoms with E-state index in [4.69, 9.17) is 18.9 Å². The summed E-state index contributed by atoms with van der Waals surface area (Å²) in [5.74, 6) is 2.21. The fourth-order valence-corrected chi connectivity index (χ4v) is 5.38. The lowest BCUT2D eigenvalue weighted by Gasteiger charge is -2.19. The number of thiophene rings is 1. The van der Waals surface area contributed by atoms with E-state index in [1.165, 1.54) is 24.2 Å². The number of nitrogens with zero attached hydrogens (tertiary/aromatic N) is 2. The first-order valence-electron chi connectivity index (χ1n) is 11.4. The van der Waals surface area contributed by atoms with Crippen molar-refractivity contribution in [1.82, 2.24) is 15.3 Å². The highest BCUT2D eigenvalue weighted by Crippen LogP contribution is 2.36. The van der Waals surface area contributed by atoms with Gasteiger partial charge in [-0.05, 0) is 62.8 Å².